The van der Waals surface area contributed by atoms with Gasteiger partial charge in [0, 0.05) is 19.3 Å². The molecule has 0 aromatic rings. The van der Waals surface area contributed by atoms with Crippen molar-refractivity contribution >= 4 is 17.9 Å². The van der Waals surface area contributed by atoms with E-state index in [0.29, 0.717) is 19.3 Å². The second-order valence-electron chi connectivity index (χ2n) is 18.1. The number of unbranched alkanes of at least 4 members (excludes halogenated alkanes) is 20. The molecule has 0 spiro atoms. The first-order chi connectivity index (χ1) is 33.5. The number of hydrogen-bond donors (Lipinski definition) is 0. The van der Waals surface area contributed by atoms with Gasteiger partial charge in [0.2, 0.25) is 0 Å². The highest BCUT2D eigenvalue weighted by atomic mass is 16.6. The zero-order chi connectivity index (χ0) is 49.3. The second kappa shape index (κ2) is 55.7. The third-order valence-electron chi connectivity index (χ3n) is 11.5. The van der Waals surface area contributed by atoms with Crippen LogP contribution in [0.1, 0.15) is 245 Å². The molecule has 68 heavy (non-hydrogen) atoms. The molecule has 0 aliphatic rings. The number of allylic oxidation sites excluding steroid dienone is 18. The Bertz CT molecular complexity index is 1410. The normalized spacial score (nSPS) is 12.9. The zero-order valence-electron chi connectivity index (χ0n) is 44.1. The molecule has 6 nitrogen and oxygen atoms in total. The minimum absolute atomic E-state index is 0.0904. The smallest absolute Gasteiger partial charge is 0.306 e. The van der Waals surface area contributed by atoms with Crippen molar-refractivity contribution in [1.29, 1.82) is 0 Å². The van der Waals surface area contributed by atoms with Crippen molar-refractivity contribution in [3.63, 3.8) is 0 Å². The summed E-state index contributed by atoms with van der Waals surface area (Å²) in [5.41, 5.74) is 0. The lowest BCUT2D eigenvalue weighted by Crippen LogP contribution is -2.30. The summed E-state index contributed by atoms with van der Waals surface area (Å²) < 4.78 is 16.8. The van der Waals surface area contributed by atoms with Crippen molar-refractivity contribution in [2.75, 3.05) is 13.2 Å². The van der Waals surface area contributed by atoms with Crippen molar-refractivity contribution in [2.45, 2.75) is 252 Å². The number of rotatable bonds is 49. The lowest BCUT2D eigenvalue weighted by Gasteiger charge is -2.18. The minimum Gasteiger partial charge on any atom is -0.462 e. The molecular weight excluding hydrogens is 841 g/mol. The van der Waals surface area contributed by atoms with Crippen LogP contribution in [0.3, 0.4) is 0 Å². The molecule has 0 fully saturated rings. The summed E-state index contributed by atoms with van der Waals surface area (Å²) in [4.78, 5) is 37.9. The average Bonchev–Trinajstić information content (AvgIpc) is 3.34. The lowest BCUT2D eigenvalue weighted by atomic mass is 10.1. The maximum Gasteiger partial charge on any atom is 0.306 e. The molecule has 0 aliphatic carbocycles. The van der Waals surface area contributed by atoms with E-state index >= 15 is 0 Å². The Morgan fingerprint density at radius 1 is 0.309 bits per heavy atom. The van der Waals surface area contributed by atoms with E-state index in [9.17, 15) is 14.4 Å². The predicted octanol–water partition coefficient (Wildman–Crippen LogP) is 18.7. The van der Waals surface area contributed by atoms with Crippen molar-refractivity contribution in [3.8, 4) is 0 Å². The fourth-order valence-corrected chi connectivity index (χ4v) is 7.33. The van der Waals surface area contributed by atoms with Gasteiger partial charge >= 0.3 is 17.9 Å². The lowest BCUT2D eigenvalue weighted by molar-refractivity contribution is -0.167. The fraction of sp³-hybridized carbons (Fsp3) is 0.661. The van der Waals surface area contributed by atoms with Crippen LogP contribution in [0.15, 0.2) is 109 Å². The molecule has 0 amide bonds. The van der Waals surface area contributed by atoms with Crippen LogP contribution >= 0.6 is 0 Å². The summed E-state index contributed by atoms with van der Waals surface area (Å²) >= 11 is 0. The molecule has 0 saturated carbocycles. The summed E-state index contributed by atoms with van der Waals surface area (Å²) in [6.45, 7) is 6.43. The molecule has 6 heteroatoms. The van der Waals surface area contributed by atoms with Crippen molar-refractivity contribution in [3.05, 3.63) is 109 Å². The average molecular weight is 943 g/mol. The van der Waals surface area contributed by atoms with Crippen molar-refractivity contribution in [2.24, 2.45) is 0 Å². The van der Waals surface area contributed by atoms with Crippen LogP contribution in [-0.4, -0.2) is 37.2 Å². The van der Waals surface area contributed by atoms with E-state index in [4.69, 9.17) is 14.2 Å². The summed E-state index contributed by atoms with van der Waals surface area (Å²) in [6, 6.07) is 0. The molecule has 0 saturated heterocycles. The van der Waals surface area contributed by atoms with Gasteiger partial charge in [-0.2, -0.15) is 0 Å². The molecule has 0 aromatic carbocycles. The standard InChI is InChI=1S/C62H102O6/c1-4-7-10-13-16-19-21-23-25-26-27-28-29-30-31-32-33-34-35-36-38-39-41-43-46-49-52-55-61(64)67-58-59(57-66-60(63)54-51-48-45-18-15-12-9-6-3)68-62(65)56-53-50-47-44-42-40-37-24-22-20-17-14-11-8-5-2/h7,10,16-17,19-20,23-25,27-28,30-31,33-34,36-38,59H,4-6,8-9,11-15,18,21-22,26,29,32,35,39-58H2,1-3H3/b10-7-,19-16-,20-17-,25-23-,28-27-,31-30-,34-33-,37-24-,38-36-. The first-order valence-corrected chi connectivity index (χ1v) is 27.9. The summed E-state index contributed by atoms with van der Waals surface area (Å²) in [5, 5.41) is 0. The molecule has 0 bridgehead atoms. The largest absolute Gasteiger partial charge is 0.462 e. The maximum absolute atomic E-state index is 12.8. The number of hydrogen-bond acceptors (Lipinski definition) is 6. The van der Waals surface area contributed by atoms with E-state index in [-0.39, 0.29) is 31.1 Å². The van der Waals surface area contributed by atoms with Gasteiger partial charge in [0.15, 0.2) is 6.10 Å². The topological polar surface area (TPSA) is 78.9 Å². The summed E-state index contributed by atoms with van der Waals surface area (Å²) in [5.74, 6) is -0.931. The Hall–Kier alpha value is -3.93. The predicted molar refractivity (Wildman–Crippen MR) is 293 cm³/mol. The molecular formula is C62H102O6. The summed E-state index contributed by atoms with van der Waals surface area (Å²) in [7, 11) is 0. The SMILES string of the molecule is CC/C=C\C/C=C\C/C=C\C/C=C\C/C=C\C/C=C\C/C=C\CCCCCCCC(=O)OCC(COC(=O)CCCCCCCCCC)OC(=O)CCCCCCC/C=C\C/C=C\CCCCC. The molecule has 0 rings (SSSR count). The van der Waals surface area contributed by atoms with Crippen LogP contribution in [-0.2, 0) is 28.6 Å². The number of carbonyl (C=O) groups excluding carboxylic acids is 3. The highest BCUT2D eigenvalue weighted by Gasteiger charge is 2.19. The van der Waals surface area contributed by atoms with Gasteiger partial charge in [-0.1, -0.05) is 226 Å². The Labute approximate surface area is 419 Å². The third-order valence-corrected chi connectivity index (χ3v) is 11.5. The van der Waals surface area contributed by atoms with Gasteiger partial charge in [-0.05, 0) is 109 Å². The van der Waals surface area contributed by atoms with Crippen molar-refractivity contribution in [1.82, 2.24) is 0 Å². The van der Waals surface area contributed by atoms with Gasteiger partial charge in [0.05, 0.1) is 0 Å². The van der Waals surface area contributed by atoms with Gasteiger partial charge in [-0.25, -0.2) is 0 Å². The van der Waals surface area contributed by atoms with E-state index in [0.717, 1.165) is 148 Å². The minimum atomic E-state index is -0.792. The van der Waals surface area contributed by atoms with Crippen LogP contribution in [0, 0.1) is 0 Å². The van der Waals surface area contributed by atoms with E-state index in [1.54, 1.807) is 0 Å². The Morgan fingerprint density at radius 2 is 0.574 bits per heavy atom. The molecule has 0 N–H and O–H groups in total. The van der Waals surface area contributed by atoms with Crippen LogP contribution in [0.4, 0.5) is 0 Å². The fourth-order valence-electron chi connectivity index (χ4n) is 7.33. The first kappa shape index (κ1) is 64.1. The van der Waals surface area contributed by atoms with Gasteiger partial charge in [0.25, 0.3) is 0 Å². The number of carbonyl (C=O) groups is 3. The second-order valence-corrected chi connectivity index (χ2v) is 18.1. The molecule has 1 unspecified atom stereocenters. The van der Waals surface area contributed by atoms with Crippen LogP contribution in [0.25, 0.3) is 0 Å². The third kappa shape index (κ3) is 53.0. The molecule has 1 atom stereocenters. The summed E-state index contributed by atoms with van der Waals surface area (Å²) in [6.07, 6.45) is 75.1. The van der Waals surface area contributed by atoms with E-state index < -0.39 is 6.10 Å². The zero-order valence-corrected chi connectivity index (χ0v) is 44.1. The van der Waals surface area contributed by atoms with Gasteiger partial charge in [-0.15, -0.1) is 0 Å². The highest BCUT2D eigenvalue weighted by Crippen LogP contribution is 2.13. The quantitative estimate of drug-likeness (QED) is 0.0262. The van der Waals surface area contributed by atoms with Gasteiger partial charge in [0.1, 0.15) is 13.2 Å². The van der Waals surface area contributed by atoms with Crippen LogP contribution in [0.2, 0.25) is 0 Å². The monoisotopic (exact) mass is 943 g/mol. The molecule has 0 radical (unpaired) electrons. The maximum atomic E-state index is 12.8. The molecule has 386 valence electrons. The Balaban J connectivity index is 4.30. The number of esters is 3. The van der Waals surface area contributed by atoms with Gasteiger partial charge in [-0.3, -0.25) is 14.4 Å². The molecule has 0 aromatic heterocycles. The molecule has 0 heterocycles. The number of ether oxygens (including phenoxy) is 3. The Kier molecular flexibility index (Phi) is 52.4. The van der Waals surface area contributed by atoms with Crippen molar-refractivity contribution < 1.29 is 28.6 Å². The first-order valence-electron chi connectivity index (χ1n) is 27.9. The van der Waals surface area contributed by atoms with E-state index in [1.165, 1.54) is 57.8 Å². The van der Waals surface area contributed by atoms with Crippen LogP contribution < -0.4 is 0 Å². The Morgan fingerprint density at radius 3 is 0.926 bits per heavy atom. The molecule has 0 aliphatic heterocycles. The van der Waals surface area contributed by atoms with Crippen LogP contribution in [0.5, 0.6) is 0 Å². The van der Waals surface area contributed by atoms with Gasteiger partial charge < -0.3 is 14.2 Å². The highest BCUT2D eigenvalue weighted by molar-refractivity contribution is 5.71. The van der Waals surface area contributed by atoms with E-state index in [2.05, 4.69) is 130 Å². The van der Waals surface area contributed by atoms with E-state index in [1.807, 2.05) is 0 Å².